The first-order chi connectivity index (χ1) is 10.7. The normalized spacial score (nSPS) is 22.2. The van der Waals surface area contributed by atoms with Crippen LogP contribution < -0.4 is 5.73 Å². The lowest BCUT2D eigenvalue weighted by molar-refractivity contribution is -0.138. The lowest BCUT2D eigenvalue weighted by Crippen LogP contribution is -2.50. The van der Waals surface area contributed by atoms with Gasteiger partial charge >= 0.3 is 0 Å². The Kier molecular flexibility index (Phi) is 4.40. The molecule has 0 spiro atoms. The van der Waals surface area contributed by atoms with Gasteiger partial charge in [0.1, 0.15) is 6.04 Å². The molecule has 2 N–H and O–H groups in total. The van der Waals surface area contributed by atoms with E-state index in [0.717, 1.165) is 17.5 Å². The van der Waals surface area contributed by atoms with Gasteiger partial charge in [0.2, 0.25) is 11.8 Å². The van der Waals surface area contributed by atoms with Gasteiger partial charge < -0.3 is 15.4 Å². The van der Waals surface area contributed by atoms with Crippen molar-refractivity contribution in [3.05, 3.63) is 35.4 Å². The van der Waals surface area contributed by atoms with E-state index in [2.05, 4.69) is 0 Å². The minimum atomic E-state index is -0.519. The van der Waals surface area contributed by atoms with Gasteiger partial charge in [0, 0.05) is 19.6 Å². The second-order valence-corrected chi connectivity index (χ2v) is 5.72. The first-order valence-corrected chi connectivity index (χ1v) is 7.63. The molecular weight excluding hydrogens is 282 g/mol. The Morgan fingerprint density at radius 1 is 1.18 bits per heavy atom. The summed E-state index contributed by atoms with van der Waals surface area (Å²) >= 11 is 0. The molecule has 0 aliphatic carbocycles. The van der Waals surface area contributed by atoms with Crippen molar-refractivity contribution >= 4 is 11.8 Å². The summed E-state index contributed by atoms with van der Waals surface area (Å²) in [7, 11) is 0. The molecule has 2 aliphatic heterocycles. The number of hydrogen-bond donors (Lipinski definition) is 1. The zero-order valence-corrected chi connectivity index (χ0v) is 12.5. The summed E-state index contributed by atoms with van der Waals surface area (Å²) in [5.41, 5.74) is 7.67. The number of morpholine rings is 1. The van der Waals surface area contributed by atoms with Crippen molar-refractivity contribution in [3.63, 3.8) is 0 Å². The average Bonchev–Trinajstić information content (AvgIpc) is 2.55. The first kappa shape index (κ1) is 15.0. The highest BCUT2D eigenvalue weighted by Crippen LogP contribution is 2.29. The van der Waals surface area contributed by atoms with Gasteiger partial charge in [-0.05, 0) is 17.5 Å². The molecule has 1 atom stereocenters. The number of fused-ring (bicyclic) bond motifs is 1. The predicted octanol–water partition coefficient (Wildman–Crippen LogP) is -0.0701. The van der Waals surface area contributed by atoms with Crippen molar-refractivity contribution in [2.24, 2.45) is 5.73 Å². The van der Waals surface area contributed by atoms with Gasteiger partial charge in [-0.25, -0.2) is 0 Å². The maximum Gasteiger partial charge on any atom is 0.239 e. The summed E-state index contributed by atoms with van der Waals surface area (Å²) in [5, 5.41) is 0. The van der Waals surface area contributed by atoms with Crippen molar-refractivity contribution in [2.45, 2.75) is 12.5 Å². The van der Waals surface area contributed by atoms with Gasteiger partial charge in [-0.1, -0.05) is 24.3 Å². The molecule has 3 rings (SSSR count). The number of rotatable bonds is 3. The molecule has 0 radical (unpaired) electrons. The Morgan fingerprint density at radius 3 is 2.64 bits per heavy atom. The molecule has 2 aliphatic rings. The minimum absolute atomic E-state index is 0.0360. The van der Waals surface area contributed by atoms with Crippen molar-refractivity contribution in [1.82, 2.24) is 9.80 Å². The third-order valence-electron chi connectivity index (χ3n) is 4.35. The average molecular weight is 303 g/mol. The van der Waals surface area contributed by atoms with Crippen LogP contribution in [-0.4, -0.2) is 61.0 Å². The zero-order chi connectivity index (χ0) is 15.5. The number of ether oxygens (including phenoxy) is 1. The predicted molar refractivity (Wildman–Crippen MR) is 81.1 cm³/mol. The fourth-order valence-corrected chi connectivity index (χ4v) is 3.21. The van der Waals surface area contributed by atoms with Crippen LogP contribution in [0.2, 0.25) is 0 Å². The third kappa shape index (κ3) is 2.98. The Labute approximate surface area is 129 Å². The Hall–Kier alpha value is -1.92. The van der Waals surface area contributed by atoms with Gasteiger partial charge in [0.15, 0.2) is 0 Å². The Balaban J connectivity index is 1.75. The summed E-state index contributed by atoms with van der Waals surface area (Å²) in [6, 6.07) is 7.30. The van der Waals surface area contributed by atoms with E-state index in [1.165, 1.54) is 0 Å². The summed E-state index contributed by atoms with van der Waals surface area (Å²) in [5.74, 6) is -0.365. The highest BCUT2D eigenvalue weighted by Gasteiger charge is 2.33. The lowest BCUT2D eigenvalue weighted by atomic mass is 9.92. The van der Waals surface area contributed by atoms with Crippen LogP contribution in [0.3, 0.4) is 0 Å². The molecule has 1 fully saturated rings. The van der Waals surface area contributed by atoms with Crippen molar-refractivity contribution in [1.29, 1.82) is 0 Å². The Morgan fingerprint density at radius 2 is 1.91 bits per heavy atom. The van der Waals surface area contributed by atoms with Crippen molar-refractivity contribution in [2.75, 3.05) is 39.4 Å². The fraction of sp³-hybridized carbons (Fsp3) is 0.500. The number of benzene rings is 1. The highest BCUT2D eigenvalue weighted by molar-refractivity contribution is 5.84. The van der Waals surface area contributed by atoms with Crippen LogP contribution in [0.1, 0.15) is 17.2 Å². The molecule has 0 saturated carbocycles. The van der Waals surface area contributed by atoms with Crippen LogP contribution >= 0.6 is 0 Å². The van der Waals surface area contributed by atoms with E-state index >= 15 is 0 Å². The molecule has 22 heavy (non-hydrogen) atoms. The summed E-state index contributed by atoms with van der Waals surface area (Å²) in [6.07, 6.45) is 0.830. The molecule has 2 amide bonds. The van der Waals surface area contributed by atoms with Crippen LogP contribution in [-0.2, 0) is 20.7 Å². The van der Waals surface area contributed by atoms with Crippen LogP contribution in [0.5, 0.6) is 0 Å². The monoisotopic (exact) mass is 303 g/mol. The van der Waals surface area contributed by atoms with Gasteiger partial charge in [-0.15, -0.1) is 0 Å². The van der Waals surface area contributed by atoms with E-state index in [0.29, 0.717) is 32.8 Å². The Bertz CT molecular complexity index is 570. The largest absolute Gasteiger partial charge is 0.378 e. The van der Waals surface area contributed by atoms with Crippen LogP contribution in [0.15, 0.2) is 24.3 Å². The van der Waals surface area contributed by atoms with Gasteiger partial charge in [-0.2, -0.15) is 0 Å². The number of nitrogens with zero attached hydrogens (tertiary/aromatic N) is 2. The van der Waals surface area contributed by atoms with Crippen molar-refractivity contribution < 1.29 is 14.3 Å². The van der Waals surface area contributed by atoms with Gasteiger partial charge in [0.25, 0.3) is 0 Å². The van der Waals surface area contributed by atoms with Gasteiger partial charge in [-0.3, -0.25) is 14.5 Å². The van der Waals surface area contributed by atoms with E-state index in [9.17, 15) is 9.59 Å². The molecule has 0 bridgehead atoms. The molecule has 118 valence electrons. The summed E-state index contributed by atoms with van der Waals surface area (Å²) < 4.78 is 5.26. The third-order valence-corrected chi connectivity index (χ3v) is 4.35. The van der Waals surface area contributed by atoms with Crippen LogP contribution in [0.25, 0.3) is 0 Å². The number of nitrogens with two attached hydrogens (primary N) is 1. The first-order valence-electron chi connectivity index (χ1n) is 7.63. The molecule has 1 saturated heterocycles. The summed E-state index contributed by atoms with van der Waals surface area (Å²) in [4.78, 5) is 28.0. The van der Waals surface area contributed by atoms with Crippen molar-refractivity contribution in [3.8, 4) is 0 Å². The molecule has 2 heterocycles. The highest BCUT2D eigenvalue weighted by atomic mass is 16.5. The topological polar surface area (TPSA) is 75.9 Å². The van der Waals surface area contributed by atoms with Crippen LogP contribution in [0, 0.1) is 0 Å². The second-order valence-electron chi connectivity index (χ2n) is 5.72. The number of carbonyl (C=O) groups is 2. The van der Waals surface area contributed by atoms with Gasteiger partial charge in [0.05, 0.1) is 19.8 Å². The number of hydrogen-bond acceptors (Lipinski definition) is 4. The molecule has 1 aromatic rings. The van der Waals surface area contributed by atoms with E-state index < -0.39 is 11.9 Å². The number of amides is 2. The standard InChI is InChI=1S/C16H21N3O3/c17-16(21)15-13-4-2-1-3-12(13)5-6-19(15)11-14(20)18-7-9-22-10-8-18/h1-4,15H,5-11H2,(H2,17,21)/t15-/m1/s1. The number of primary amides is 1. The molecule has 0 unspecified atom stereocenters. The van der Waals surface area contributed by atoms with E-state index in [1.54, 1.807) is 4.90 Å². The van der Waals surface area contributed by atoms with E-state index in [4.69, 9.17) is 10.5 Å². The maximum absolute atomic E-state index is 12.4. The SMILES string of the molecule is NC(=O)[C@H]1c2ccccc2CCN1CC(=O)N1CCOCC1. The second kappa shape index (κ2) is 6.46. The minimum Gasteiger partial charge on any atom is -0.378 e. The molecule has 1 aromatic carbocycles. The van der Waals surface area contributed by atoms with Crippen LogP contribution in [0.4, 0.5) is 0 Å². The molecule has 6 nitrogen and oxygen atoms in total. The lowest BCUT2D eigenvalue weighted by Gasteiger charge is -2.36. The van der Waals surface area contributed by atoms with E-state index in [1.807, 2.05) is 29.2 Å². The molecular formula is C16H21N3O3. The maximum atomic E-state index is 12.4. The zero-order valence-electron chi connectivity index (χ0n) is 12.5. The van der Waals surface area contributed by atoms with E-state index in [-0.39, 0.29) is 12.5 Å². The quantitative estimate of drug-likeness (QED) is 0.848. The molecule has 6 heteroatoms. The molecule has 0 aromatic heterocycles. The summed E-state index contributed by atoms with van der Waals surface area (Å²) in [6.45, 7) is 3.28. The smallest absolute Gasteiger partial charge is 0.239 e. The fourth-order valence-electron chi connectivity index (χ4n) is 3.21. The number of carbonyl (C=O) groups excluding carboxylic acids is 2.